The van der Waals surface area contributed by atoms with Gasteiger partial charge in [0.2, 0.25) is 5.91 Å². The van der Waals surface area contributed by atoms with Crippen LogP contribution in [0.4, 0.5) is 5.69 Å². The Morgan fingerprint density at radius 2 is 1.92 bits per heavy atom. The van der Waals surface area contributed by atoms with Gasteiger partial charge in [0.15, 0.2) is 0 Å². The number of halogens is 1. The van der Waals surface area contributed by atoms with E-state index in [-0.39, 0.29) is 17.4 Å². The molecular formula is C19H20BrN3O3. The van der Waals surface area contributed by atoms with Crippen molar-refractivity contribution in [2.45, 2.75) is 32.4 Å². The van der Waals surface area contributed by atoms with E-state index >= 15 is 0 Å². The van der Waals surface area contributed by atoms with Gasteiger partial charge < -0.3 is 14.8 Å². The molecule has 0 radical (unpaired) electrons. The smallest absolute Gasteiger partial charge is 0.254 e. The highest BCUT2D eigenvalue weighted by atomic mass is 79.9. The van der Waals surface area contributed by atoms with Gasteiger partial charge in [0.1, 0.15) is 6.04 Å². The Kier molecular flexibility index (Phi) is 5.56. The number of nitrogens with one attached hydrogen (secondary N) is 1. The maximum absolute atomic E-state index is 12.8. The first-order chi connectivity index (χ1) is 12.5. The Labute approximate surface area is 159 Å². The highest BCUT2D eigenvalue weighted by Crippen LogP contribution is 2.22. The van der Waals surface area contributed by atoms with E-state index in [4.69, 9.17) is 0 Å². The summed E-state index contributed by atoms with van der Waals surface area (Å²) in [5.41, 5.74) is 1.00. The molecule has 1 aliphatic rings. The molecule has 1 aromatic heterocycles. The van der Waals surface area contributed by atoms with Crippen LogP contribution in [0.5, 0.6) is 0 Å². The largest absolute Gasteiger partial charge is 0.327 e. The molecule has 0 bridgehead atoms. The number of aromatic nitrogens is 1. The standard InChI is InChI=1S/C19H20BrN3O3/c1-2-22-12-15(9-10-17(22)24)21-18(25)16-4-3-11-23(16)19(26)13-5-7-14(20)8-6-13/h5-10,12,16H,2-4,11H2,1H3,(H,21,25). The molecule has 7 heteroatoms. The molecule has 0 saturated carbocycles. The Bertz CT molecular complexity index is 876. The number of amides is 2. The average molecular weight is 418 g/mol. The van der Waals surface area contributed by atoms with E-state index in [9.17, 15) is 14.4 Å². The highest BCUT2D eigenvalue weighted by Gasteiger charge is 2.34. The van der Waals surface area contributed by atoms with Gasteiger partial charge in [0.25, 0.3) is 11.5 Å². The van der Waals surface area contributed by atoms with Gasteiger partial charge in [-0.2, -0.15) is 0 Å². The lowest BCUT2D eigenvalue weighted by Crippen LogP contribution is -2.43. The number of hydrogen-bond donors (Lipinski definition) is 1. The van der Waals surface area contributed by atoms with Crippen molar-refractivity contribution in [1.29, 1.82) is 0 Å². The topological polar surface area (TPSA) is 71.4 Å². The van der Waals surface area contributed by atoms with E-state index in [0.717, 1.165) is 10.9 Å². The number of benzene rings is 1. The number of nitrogens with zero attached hydrogens (tertiary/aromatic N) is 2. The molecule has 2 heterocycles. The number of aryl methyl sites for hydroxylation is 1. The second kappa shape index (κ2) is 7.86. The first-order valence-electron chi connectivity index (χ1n) is 8.57. The minimum absolute atomic E-state index is 0.113. The number of pyridine rings is 1. The second-order valence-electron chi connectivity index (χ2n) is 6.19. The number of hydrogen-bond acceptors (Lipinski definition) is 3. The van der Waals surface area contributed by atoms with Crippen molar-refractivity contribution in [3.05, 3.63) is 63.0 Å². The van der Waals surface area contributed by atoms with Crippen molar-refractivity contribution < 1.29 is 9.59 Å². The van der Waals surface area contributed by atoms with Crippen LogP contribution in [0.15, 0.2) is 51.9 Å². The monoisotopic (exact) mass is 417 g/mol. The molecule has 1 N–H and O–H groups in total. The molecule has 26 heavy (non-hydrogen) atoms. The van der Waals surface area contributed by atoms with E-state index in [1.807, 2.05) is 19.1 Å². The van der Waals surface area contributed by atoms with Crippen molar-refractivity contribution >= 4 is 33.4 Å². The van der Waals surface area contributed by atoms with Crippen molar-refractivity contribution in [1.82, 2.24) is 9.47 Å². The number of rotatable bonds is 4. The van der Waals surface area contributed by atoms with Crippen LogP contribution in [-0.2, 0) is 11.3 Å². The lowest BCUT2D eigenvalue weighted by atomic mass is 10.1. The van der Waals surface area contributed by atoms with Crippen LogP contribution in [0.25, 0.3) is 0 Å². The van der Waals surface area contributed by atoms with E-state index in [1.165, 1.54) is 10.6 Å². The predicted octanol–water partition coefficient (Wildman–Crippen LogP) is 2.87. The SMILES string of the molecule is CCn1cc(NC(=O)C2CCCN2C(=O)c2ccc(Br)cc2)ccc1=O. The number of carbonyl (C=O) groups excluding carboxylic acids is 2. The number of likely N-dealkylation sites (tertiary alicyclic amines) is 1. The summed E-state index contributed by atoms with van der Waals surface area (Å²) in [6.45, 7) is 2.95. The van der Waals surface area contributed by atoms with Crippen LogP contribution < -0.4 is 10.9 Å². The third-order valence-electron chi connectivity index (χ3n) is 4.50. The third kappa shape index (κ3) is 3.88. The molecule has 1 aromatic carbocycles. The molecule has 6 nitrogen and oxygen atoms in total. The lowest BCUT2D eigenvalue weighted by Gasteiger charge is -2.24. The molecule has 1 aliphatic heterocycles. The zero-order valence-electron chi connectivity index (χ0n) is 14.4. The van der Waals surface area contributed by atoms with E-state index < -0.39 is 6.04 Å². The minimum Gasteiger partial charge on any atom is -0.327 e. The van der Waals surface area contributed by atoms with Gasteiger partial charge in [-0.1, -0.05) is 15.9 Å². The molecule has 1 atom stereocenters. The summed E-state index contributed by atoms with van der Waals surface area (Å²) in [7, 11) is 0. The second-order valence-corrected chi connectivity index (χ2v) is 7.11. The first-order valence-corrected chi connectivity index (χ1v) is 9.37. The molecular weight excluding hydrogens is 398 g/mol. The quantitative estimate of drug-likeness (QED) is 0.830. The Balaban J connectivity index is 1.75. The van der Waals surface area contributed by atoms with Gasteiger partial charge in [-0.25, -0.2) is 0 Å². The van der Waals surface area contributed by atoms with Crippen molar-refractivity contribution in [3.8, 4) is 0 Å². The van der Waals surface area contributed by atoms with Gasteiger partial charge in [0.05, 0.1) is 5.69 Å². The van der Waals surface area contributed by atoms with E-state index in [1.54, 1.807) is 29.3 Å². The number of carbonyl (C=O) groups is 2. The van der Waals surface area contributed by atoms with Crippen LogP contribution in [0, 0.1) is 0 Å². The summed E-state index contributed by atoms with van der Waals surface area (Å²) in [5, 5.41) is 2.83. The van der Waals surface area contributed by atoms with Crippen LogP contribution in [0.1, 0.15) is 30.1 Å². The fourth-order valence-electron chi connectivity index (χ4n) is 3.12. The molecule has 1 fully saturated rings. The van der Waals surface area contributed by atoms with Crippen LogP contribution >= 0.6 is 15.9 Å². The van der Waals surface area contributed by atoms with Gasteiger partial charge >= 0.3 is 0 Å². The predicted molar refractivity (Wildman–Crippen MR) is 103 cm³/mol. The van der Waals surface area contributed by atoms with Gasteiger partial charge in [0, 0.05) is 35.4 Å². The van der Waals surface area contributed by atoms with Crippen molar-refractivity contribution in [2.75, 3.05) is 11.9 Å². The van der Waals surface area contributed by atoms with Gasteiger partial charge in [-0.05, 0) is 50.1 Å². The summed E-state index contributed by atoms with van der Waals surface area (Å²) in [4.78, 5) is 38.7. The zero-order chi connectivity index (χ0) is 18.7. The summed E-state index contributed by atoms with van der Waals surface area (Å²) in [6, 6.07) is 9.63. The molecule has 0 spiro atoms. The van der Waals surface area contributed by atoms with E-state index in [0.29, 0.717) is 30.8 Å². The fraction of sp³-hybridized carbons (Fsp3) is 0.316. The summed E-state index contributed by atoms with van der Waals surface area (Å²) < 4.78 is 2.42. The minimum atomic E-state index is -0.506. The lowest BCUT2D eigenvalue weighted by molar-refractivity contribution is -0.119. The fourth-order valence-corrected chi connectivity index (χ4v) is 3.38. The Hall–Kier alpha value is -2.41. The maximum atomic E-state index is 12.8. The van der Waals surface area contributed by atoms with E-state index in [2.05, 4.69) is 21.2 Å². The average Bonchev–Trinajstić information content (AvgIpc) is 3.13. The molecule has 1 unspecified atom stereocenters. The molecule has 0 aliphatic carbocycles. The third-order valence-corrected chi connectivity index (χ3v) is 5.03. The van der Waals surface area contributed by atoms with Crippen LogP contribution in [-0.4, -0.2) is 33.9 Å². The molecule has 2 aromatic rings. The van der Waals surface area contributed by atoms with Crippen molar-refractivity contribution in [2.24, 2.45) is 0 Å². The highest BCUT2D eigenvalue weighted by molar-refractivity contribution is 9.10. The number of anilines is 1. The van der Waals surface area contributed by atoms with Crippen molar-refractivity contribution in [3.63, 3.8) is 0 Å². The molecule has 136 valence electrons. The summed E-state index contributed by atoms with van der Waals surface area (Å²) in [6.07, 6.45) is 3.03. The Morgan fingerprint density at radius 3 is 2.62 bits per heavy atom. The van der Waals surface area contributed by atoms with Gasteiger partial charge in [-0.3, -0.25) is 14.4 Å². The molecule has 1 saturated heterocycles. The normalized spacial score (nSPS) is 16.5. The van der Waals surface area contributed by atoms with Crippen LogP contribution in [0.3, 0.4) is 0 Å². The first kappa shape index (κ1) is 18.4. The maximum Gasteiger partial charge on any atom is 0.254 e. The zero-order valence-corrected chi connectivity index (χ0v) is 16.0. The molecule has 2 amide bonds. The molecule has 3 rings (SSSR count). The Morgan fingerprint density at radius 1 is 1.19 bits per heavy atom. The van der Waals surface area contributed by atoms with Gasteiger partial charge in [-0.15, -0.1) is 0 Å². The summed E-state index contributed by atoms with van der Waals surface area (Å²) >= 11 is 3.35. The summed E-state index contributed by atoms with van der Waals surface area (Å²) in [5.74, 6) is -0.372. The van der Waals surface area contributed by atoms with Crippen LogP contribution in [0.2, 0.25) is 0 Å².